The van der Waals surface area contributed by atoms with Gasteiger partial charge in [0.25, 0.3) is 0 Å². The third kappa shape index (κ3) is 2.28. The van der Waals surface area contributed by atoms with Crippen molar-refractivity contribution in [1.29, 1.82) is 0 Å². The molecular weight excluding hydrogens is 278 g/mol. The van der Waals surface area contributed by atoms with Crippen LogP contribution in [0.3, 0.4) is 0 Å². The number of hydrogen-bond acceptors (Lipinski definition) is 2. The summed E-state index contributed by atoms with van der Waals surface area (Å²) < 4.78 is 26.2. The van der Waals surface area contributed by atoms with Crippen LogP contribution < -0.4 is 0 Å². The van der Waals surface area contributed by atoms with E-state index in [2.05, 4.69) is 0 Å². The summed E-state index contributed by atoms with van der Waals surface area (Å²) in [5, 5.41) is 0. The second-order valence-corrected chi connectivity index (χ2v) is 5.58. The smallest absolute Gasteiger partial charge is 0.246 e. The summed E-state index contributed by atoms with van der Waals surface area (Å²) in [5.41, 5.74) is 0.480. The summed E-state index contributed by atoms with van der Waals surface area (Å²) >= 11 is 0. The first kappa shape index (κ1) is 14.0. The molecule has 4 nitrogen and oxygen atoms in total. The van der Waals surface area contributed by atoms with Gasteiger partial charge in [-0.15, -0.1) is 0 Å². The van der Waals surface area contributed by atoms with E-state index in [1.807, 2.05) is 0 Å². The maximum Gasteiger partial charge on any atom is 0.246 e. The van der Waals surface area contributed by atoms with Crippen molar-refractivity contribution in [3.63, 3.8) is 0 Å². The molecule has 2 aliphatic rings. The van der Waals surface area contributed by atoms with Crippen LogP contribution in [0.15, 0.2) is 18.2 Å². The summed E-state index contributed by atoms with van der Waals surface area (Å²) in [5.74, 6) is -2.04. The Kier molecular flexibility index (Phi) is 3.39. The molecule has 1 aromatic carbocycles. The number of piperazine rings is 1. The Balaban J connectivity index is 1.85. The van der Waals surface area contributed by atoms with Crippen LogP contribution in [0.5, 0.6) is 0 Å². The molecule has 1 aromatic rings. The van der Waals surface area contributed by atoms with E-state index in [4.69, 9.17) is 0 Å². The lowest BCUT2D eigenvalue weighted by atomic mass is 10.0. The van der Waals surface area contributed by atoms with Gasteiger partial charge in [0.15, 0.2) is 11.6 Å². The zero-order valence-corrected chi connectivity index (χ0v) is 11.7. The Bertz CT molecular complexity index is 605. The fourth-order valence-electron chi connectivity index (χ4n) is 3.09. The molecule has 2 aliphatic heterocycles. The molecule has 0 aromatic heterocycles. The van der Waals surface area contributed by atoms with Gasteiger partial charge in [-0.05, 0) is 37.5 Å². The van der Waals surface area contributed by atoms with Crippen LogP contribution in [-0.2, 0) is 16.1 Å². The Morgan fingerprint density at radius 3 is 2.67 bits per heavy atom. The fraction of sp³-hybridized carbons (Fsp3) is 0.467. The number of carbonyl (C=O) groups is 2. The van der Waals surface area contributed by atoms with Crippen molar-refractivity contribution in [2.24, 2.45) is 0 Å². The van der Waals surface area contributed by atoms with Crippen LogP contribution in [-0.4, -0.2) is 40.2 Å². The molecule has 112 valence electrons. The van der Waals surface area contributed by atoms with E-state index in [1.165, 1.54) is 11.0 Å². The lowest BCUT2D eigenvalue weighted by molar-refractivity contribution is -0.159. The number of benzene rings is 1. The molecule has 0 spiro atoms. The summed E-state index contributed by atoms with van der Waals surface area (Å²) in [6.07, 6.45) is 1.50. The highest BCUT2D eigenvalue weighted by Gasteiger charge is 2.45. The second kappa shape index (κ2) is 5.09. The molecule has 2 amide bonds. The number of halogens is 2. The highest BCUT2D eigenvalue weighted by Crippen LogP contribution is 2.28. The molecule has 0 bridgehead atoms. The van der Waals surface area contributed by atoms with Crippen LogP contribution >= 0.6 is 0 Å². The molecule has 2 saturated heterocycles. The molecule has 21 heavy (non-hydrogen) atoms. The number of fused-ring (bicyclic) bond motifs is 1. The van der Waals surface area contributed by atoms with Crippen molar-refractivity contribution in [3.05, 3.63) is 35.4 Å². The lowest BCUT2D eigenvalue weighted by Crippen LogP contribution is -2.61. The zero-order chi connectivity index (χ0) is 15.1. The van der Waals surface area contributed by atoms with Gasteiger partial charge in [0.2, 0.25) is 11.8 Å². The molecule has 3 rings (SSSR count). The fourth-order valence-corrected chi connectivity index (χ4v) is 3.09. The molecule has 2 fully saturated rings. The van der Waals surface area contributed by atoms with E-state index < -0.39 is 17.7 Å². The Labute approximate surface area is 121 Å². The topological polar surface area (TPSA) is 40.6 Å². The molecule has 0 radical (unpaired) electrons. The molecule has 0 unspecified atom stereocenters. The van der Waals surface area contributed by atoms with Crippen molar-refractivity contribution >= 4 is 11.8 Å². The van der Waals surface area contributed by atoms with Gasteiger partial charge in [0.1, 0.15) is 12.1 Å². The normalized spacial score (nSPS) is 25.5. The maximum atomic E-state index is 13.3. The van der Waals surface area contributed by atoms with Crippen LogP contribution in [0, 0.1) is 11.6 Å². The van der Waals surface area contributed by atoms with E-state index in [-0.39, 0.29) is 24.4 Å². The lowest BCUT2D eigenvalue weighted by Gasteiger charge is -2.41. The first-order chi connectivity index (χ1) is 9.99. The predicted molar refractivity (Wildman–Crippen MR) is 71.1 cm³/mol. The minimum Gasteiger partial charge on any atom is -0.329 e. The van der Waals surface area contributed by atoms with Gasteiger partial charge in [-0.1, -0.05) is 6.07 Å². The van der Waals surface area contributed by atoms with Gasteiger partial charge in [-0.2, -0.15) is 0 Å². The van der Waals surface area contributed by atoms with Crippen LogP contribution in [0.25, 0.3) is 0 Å². The Hall–Kier alpha value is -1.98. The largest absolute Gasteiger partial charge is 0.329 e. The van der Waals surface area contributed by atoms with Gasteiger partial charge in [-0.25, -0.2) is 8.78 Å². The van der Waals surface area contributed by atoms with Crippen LogP contribution in [0.1, 0.15) is 25.3 Å². The number of hydrogen-bond donors (Lipinski definition) is 0. The SMILES string of the molecule is C[C@H]1C(=O)N2CCC[C@H]2C(=O)N1Cc1ccc(F)c(F)c1. The molecule has 2 atom stereocenters. The van der Waals surface area contributed by atoms with Crippen LogP contribution in [0.2, 0.25) is 0 Å². The maximum absolute atomic E-state index is 13.3. The molecular formula is C15H16F2N2O2. The van der Waals surface area contributed by atoms with E-state index in [0.717, 1.165) is 18.6 Å². The van der Waals surface area contributed by atoms with E-state index in [9.17, 15) is 18.4 Å². The van der Waals surface area contributed by atoms with E-state index in [0.29, 0.717) is 18.5 Å². The first-order valence-corrected chi connectivity index (χ1v) is 7.04. The third-order valence-corrected chi connectivity index (χ3v) is 4.27. The van der Waals surface area contributed by atoms with Crippen molar-refractivity contribution in [3.8, 4) is 0 Å². The van der Waals surface area contributed by atoms with E-state index in [1.54, 1.807) is 11.8 Å². The highest BCUT2D eigenvalue weighted by atomic mass is 19.2. The zero-order valence-electron chi connectivity index (χ0n) is 11.7. The van der Waals surface area contributed by atoms with Crippen molar-refractivity contribution in [1.82, 2.24) is 9.80 Å². The first-order valence-electron chi connectivity index (χ1n) is 7.04. The average Bonchev–Trinajstić information content (AvgIpc) is 2.95. The Morgan fingerprint density at radius 2 is 1.95 bits per heavy atom. The molecule has 0 aliphatic carbocycles. The number of nitrogens with zero attached hydrogens (tertiary/aromatic N) is 2. The minimum atomic E-state index is -0.946. The van der Waals surface area contributed by atoms with Gasteiger partial charge >= 0.3 is 0 Å². The van der Waals surface area contributed by atoms with Gasteiger partial charge < -0.3 is 9.80 Å². The molecule has 0 saturated carbocycles. The molecule has 6 heteroatoms. The average molecular weight is 294 g/mol. The Morgan fingerprint density at radius 1 is 1.19 bits per heavy atom. The summed E-state index contributed by atoms with van der Waals surface area (Å²) in [7, 11) is 0. The summed E-state index contributed by atoms with van der Waals surface area (Å²) in [6, 6.07) is 2.58. The van der Waals surface area contributed by atoms with Gasteiger partial charge in [0.05, 0.1) is 0 Å². The number of rotatable bonds is 2. The molecule has 2 heterocycles. The molecule has 0 N–H and O–H groups in total. The number of carbonyl (C=O) groups excluding carboxylic acids is 2. The van der Waals surface area contributed by atoms with Crippen molar-refractivity contribution in [2.45, 2.75) is 38.4 Å². The minimum absolute atomic E-state index is 0.0697. The number of amides is 2. The quantitative estimate of drug-likeness (QED) is 0.833. The standard InChI is InChI=1S/C15H16F2N2O2/c1-9-14(20)18-6-2-3-13(18)15(21)19(9)8-10-4-5-11(16)12(17)7-10/h4-5,7,9,13H,2-3,6,8H2,1H3/t9-,13-/m0/s1. The summed E-state index contributed by atoms with van der Waals surface area (Å²) in [4.78, 5) is 27.8. The van der Waals surface area contributed by atoms with Crippen LogP contribution in [0.4, 0.5) is 8.78 Å². The van der Waals surface area contributed by atoms with Crippen molar-refractivity contribution in [2.75, 3.05) is 6.54 Å². The highest BCUT2D eigenvalue weighted by molar-refractivity contribution is 5.97. The summed E-state index contributed by atoms with van der Waals surface area (Å²) in [6.45, 7) is 2.42. The predicted octanol–water partition coefficient (Wildman–Crippen LogP) is 1.69. The van der Waals surface area contributed by atoms with Gasteiger partial charge in [0, 0.05) is 13.1 Å². The second-order valence-electron chi connectivity index (χ2n) is 5.58. The monoisotopic (exact) mass is 294 g/mol. The van der Waals surface area contributed by atoms with Crippen molar-refractivity contribution < 1.29 is 18.4 Å². The third-order valence-electron chi connectivity index (χ3n) is 4.27. The van der Waals surface area contributed by atoms with E-state index >= 15 is 0 Å². The van der Waals surface area contributed by atoms with Gasteiger partial charge in [-0.3, -0.25) is 9.59 Å².